The smallest absolute Gasteiger partial charge is 0.127 e. The van der Waals surface area contributed by atoms with E-state index in [1.807, 2.05) is 0 Å². The summed E-state index contributed by atoms with van der Waals surface area (Å²) >= 11 is 0. The molecular weight excluding hydrogens is 300 g/mol. The third-order valence-electron chi connectivity index (χ3n) is 4.46. The fourth-order valence-electron chi connectivity index (χ4n) is 3.04. The second-order valence-electron chi connectivity index (χ2n) is 6.24. The Kier molecular flexibility index (Phi) is 6.90. The first-order valence-electron chi connectivity index (χ1n) is 9.05. The summed E-state index contributed by atoms with van der Waals surface area (Å²) in [5.41, 5.74) is 0. The van der Waals surface area contributed by atoms with E-state index in [0.717, 1.165) is 71.1 Å². The number of morpholine rings is 1. The third kappa shape index (κ3) is 5.20. The summed E-state index contributed by atoms with van der Waals surface area (Å²) in [6.45, 7) is 7.92. The van der Waals surface area contributed by atoms with Crippen molar-refractivity contribution in [1.29, 1.82) is 0 Å². The minimum atomic E-state index is 0.777. The Morgan fingerprint density at radius 3 is 2.71 bits per heavy atom. The molecule has 0 amide bonds. The molecule has 0 aliphatic carbocycles. The van der Waals surface area contributed by atoms with E-state index >= 15 is 0 Å². The molecule has 2 aromatic rings. The Labute approximate surface area is 144 Å². The zero-order chi connectivity index (χ0) is 16.5. The number of ether oxygens (including phenoxy) is 2. The van der Waals surface area contributed by atoms with Gasteiger partial charge in [0.15, 0.2) is 0 Å². The molecule has 0 spiro atoms. The molecule has 2 aromatic carbocycles. The summed E-state index contributed by atoms with van der Waals surface area (Å²) < 4.78 is 11.3. The monoisotopic (exact) mass is 328 g/mol. The summed E-state index contributed by atoms with van der Waals surface area (Å²) in [6, 6.07) is 14.6. The predicted molar refractivity (Wildman–Crippen MR) is 98.8 cm³/mol. The van der Waals surface area contributed by atoms with Crippen molar-refractivity contribution in [2.24, 2.45) is 0 Å². The summed E-state index contributed by atoms with van der Waals surface area (Å²) in [4.78, 5) is 2.46. The van der Waals surface area contributed by atoms with Crippen LogP contribution < -0.4 is 10.1 Å². The SMILES string of the molecule is c1ccc2c(OCCCCNCCN3CCOCC3)cccc2c1. The third-order valence-corrected chi connectivity index (χ3v) is 4.46. The van der Waals surface area contributed by atoms with Crippen molar-refractivity contribution in [3.8, 4) is 5.75 Å². The zero-order valence-electron chi connectivity index (χ0n) is 14.4. The molecular formula is C20H28N2O2. The van der Waals surface area contributed by atoms with E-state index < -0.39 is 0 Å². The van der Waals surface area contributed by atoms with Crippen LogP contribution in [0.3, 0.4) is 0 Å². The van der Waals surface area contributed by atoms with E-state index in [4.69, 9.17) is 9.47 Å². The van der Waals surface area contributed by atoms with Crippen molar-refractivity contribution in [3.05, 3.63) is 42.5 Å². The summed E-state index contributed by atoms with van der Waals surface area (Å²) in [6.07, 6.45) is 2.22. The van der Waals surface area contributed by atoms with Crippen LogP contribution in [0.5, 0.6) is 5.75 Å². The molecule has 1 aliphatic rings. The van der Waals surface area contributed by atoms with Crippen molar-refractivity contribution < 1.29 is 9.47 Å². The lowest BCUT2D eigenvalue weighted by atomic mass is 10.1. The van der Waals surface area contributed by atoms with Crippen LogP contribution in [0.25, 0.3) is 10.8 Å². The topological polar surface area (TPSA) is 33.7 Å². The van der Waals surface area contributed by atoms with Gasteiger partial charge in [-0.15, -0.1) is 0 Å². The average Bonchev–Trinajstić information content (AvgIpc) is 2.65. The molecule has 0 unspecified atom stereocenters. The highest BCUT2D eigenvalue weighted by Crippen LogP contribution is 2.25. The Balaban J connectivity index is 1.27. The van der Waals surface area contributed by atoms with Crippen LogP contribution in [-0.4, -0.2) is 57.4 Å². The van der Waals surface area contributed by atoms with E-state index in [2.05, 4.69) is 52.7 Å². The van der Waals surface area contributed by atoms with E-state index in [9.17, 15) is 0 Å². The number of nitrogens with one attached hydrogen (secondary N) is 1. The van der Waals surface area contributed by atoms with E-state index in [1.54, 1.807) is 0 Å². The molecule has 1 N–H and O–H groups in total. The van der Waals surface area contributed by atoms with Crippen LogP contribution in [0.15, 0.2) is 42.5 Å². The minimum Gasteiger partial charge on any atom is -0.493 e. The fraction of sp³-hybridized carbons (Fsp3) is 0.500. The molecule has 0 saturated carbocycles. The number of hydrogen-bond donors (Lipinski definition) is 1. The highest BCUT2D eigenvalue weighted by molar-refractivity contribution is 5.88. The molecule has 0 radical (unpaired) electrons. The number of benzene rings is 2. The lowest BCUT2D eigenvalue weighted by Crippen LogP contribution is -2.40. The second-order valence-corrected chi connectivity index (χ2v) is 6.24. The molecule has 3 rings (SSSR count). The van der Waals surface area contributed by atoms with Crippen LogP contribution in [-0.2, 0) is 4.74 Å². The minimum absolute atomic E-state index is 0.777. The van der Waals surface area contributed by atoms with Gasteiger partial charge in [0.1, 0.15) is 5.75 Å². The van der Waals surface area contributed by atoms with Gasteiger partial charge in [-0.05, 0) is 30.8 Å². The summed E-state index contributed by atoms with van der Waals surface area (Å²) in [5, 5.41) is 5.96. The first-order chi connectivity index (χ1) is 11.9. The molecule has 0 aromatic heterocycles. The number of nitrogens with zero attached hydrogens (tertiary/aromatic N) is 1. The van der Waals surface area contributed by atoms with Crippen LogP contribution in [0.1, 0.15) is 12.8 Å². The number of hydrogen-bond acceptors (Lipinski definition) is 4. The maximum atomic E-state index is 5.97. The van der Waals surface area contributed by atoms with E-state index in [0.29, 0.717) is 0 Å². The maximum Gasteiger partial charge on any atom is 0.127 e. The molecule has 1 saturated heterocycles. The molecule has 4 heteroatoms. The Morgan fingerprint density at radius 2 is 1.79 bits per heavy atom. The standard InChI is InChI=1S/C20H28N2O2/c1-2-8-19-18(6-1)7-5-9-20(19)24-15-4-3-10-21-11-12-22-13-16-23-17-14-22/h1-2,5-9,21H,3-4,10-17H2. The number of rotatable bonds is 9. The van der Waals surface area contributed by atoms with Gasteiger partial charge >= 0.3 is 0 Å². The summed E-state index contributed by atoms with van der Waals surface area (Å²) in [7, 11) is 0. The van der Waals surface area contributed by atoms with Gasteiger partial charge in [-0.1, -0.05) is 36.4 Å². The van der Waals surface area contributed by atoms with Crippen molar-refractivity contribution in [2.45, 2.75) is 12.8 Å². The van der Waals surface area contributed by atoms with E-state index in [-0.39, 0.29) is 0 Å². The number of unbranched alkanes of at least 4 members (excludes halogenated alkanes) is 1. The lowest BCUT2D eigenvalue weighted by molar-refractivity contribution is 0.0384. The molecule has 0 bridgehead atoms. The molecule has 1 aliphatic heterocycles. The van der Waals surface area contributed by atoms with Crippen LogP contribution in [0.4, 0.5) is 0 Å². The van der Waals surface area contributed by atoms with Crippen molar-refractivity contribution in [1.82, 2.24) is 10.2 Å². The molecule has 1 fully saturated rings. The molecule has 24 heavy (non-hydrogen) atoms. The van der Waals surface area contributed by atoms with Gasteiger partial charge in [0.05, 0.1) is 19.8 Å². The highest BCUT2D eigenvalue weighted by atomic mass is 16.5. The summed E-state index contributed by atoms with van der Waals surface area (Å²) in [5.74, 6) is 0.994. The first kappa shape index (κ1) is 17.2. The quantitative estimate of drug-likeness (QED) is 0.718. The van der Waals surface area contributed by atoms with Gasteiger partial charge in [0.2, 0.25) is 0 Å². The molecule has 130 valence electrons. The second kappa shape index (κ2) is 9.62. The Bertz CT molecular complexity index is 606. The van der Waals surface area contributed by atoms with Gasteiger partial charge in [-0.2, -0.15) is 0 Å². The molecule has 0 atom stereocenters. The molecule has 4 nitrogen and oxygen atoms in total. The van der Waals surface area contributed by atoms with Gasteiger partial charge in [0.25, 0.3) is 0 Å². The maximum absolute atomic E-state index is 5.97. The normalized spacial score (nSPS) is 15.7. The highest BCUT2D eigenvalue weighted by Gasteiger charge is 2.08. The first-order valence-corrected chi connectivity index (χ1v) is 9.05. The van der Waals surface area contributed by atoms with Crippen LogP contribution in [0.2, 0.25) is 0 Å². The van der Waals surface area contributed by atoms with Crippen molar-refractivity contribution in [2.75, 3.05) is 52.5 Å². The van der Waals surface area contributed by atoms with Crippen LogP contribution in [0, 0.1) is 0 Å². The lowest BCUT2D eigenvalue weighted by Gasteiger charge is -2.26. The predicted octanol–water partition coefficient (Wildman–Crippen LogP) is 2.92. The van der Waals surface area contributed by atoms with Crippen molar-refractivity contribution in [3.63, 3.8) is 0 Å². The average molecular weight is 328 g/mol. The largest absolute Gasteiger partial charge is 0.493 e. The van der Waals surface area contributed by atoms with Gasteiger partial charge in [-0.25, -0.2) is 0 Å². The Hall–Kier alpha value is -1.62. The van der Waals surface area contributed by atoms with Crippen LogP contribution >= 0.6 is 0 Å². The fourth-order valence-corrected chi connectivity index (χ4v) is 3.04. The van der Waals surface area contributed by atoms with E-state index in [1.165, 1.54) is 10.8 Å². The van der Waals surface area contributed by atoms with Gasteiger partial charge < -0.3 is 14.8 Å². The van der Waals surface area contributed by atoms with Gasteiger partial charge in [-0.3, -0.25) is 4.90 Å². The zero-order valence-corrected chi connectivity index (χ0v) is 14.4. The van der Waals surface area contributed by atoms with Gasteiger partial charge in [0, 0.05) is 31.6 Å². The van der Waals surface area contributed by atoms with Crippen molar-refractivity contribution >= 4 is 10.8 Å². The number of fused-ring (bicyclic) bond motifs is 1. The Morgan fingerprint density at radius 1 is 0.958 bits per heavy atom. The molecule has 1 heterocycles.